The van der Waals surface area contributed by atoms with Gasteiger partial charge in [-0.05, 0) is 12.0 Å². The van der Waals surface area contributed by atoms with Crippen molar-refractivity contribution >= 4 is 34.9 Å². The average Bonchev–Trinajstić information content (AvgIpc) is 2.74. The van der Waals surface area contributed by atoms with Gasteiger partial charge in [-0.15, -0.1) is 11.8 Å². The van der Waals surface area contributed by atoms with Crippen molar-refractivity contribution in [1.82, 2.24) is 4.90 Å². The second-order valence-corrected chi connectivity index (χ2v) is 6.57. The molecular formula is C12H14NNaO5S2. The summed E-state index contributed by atoms with van der Waals surface area (Å²) in [5, 5.41) is 20.6. The van der Waals surface area contributed by atoms with Crippen LogP contribution in [0.15, 0.2) is 10.6 Å². The number of amides is 1. The van der Waals surface area contributed by atoms with E-state index in [0.29, 0.717) is 13.2 Å². The van der Waals surface area contributed by atoms with E-state index in [1.807, 2.05) is 0 Å². The maximum absolute atomic E-state index is 12.1. The van der Waals surface area contributed by atoms with Gasteiger partial charge in [-0.25, -0.2) is 0 Å². The molecule has 0 radical (unpaired) electrons. The van der Waals surface area contributed by atoms with Gasteiger partial charge in [0.05, 0.1) is 30.9 Å². The van der Waals surface area contributed by atoms with Gasteiger partial charge >= 0.3 is 29.6 Å². The Hall–Kier alpha value is 0.330. The van der Waals surface area contributed by atoms with Gasteiger partial charge in [-0.2, -0.15) is 0 Å². The van der Waals surface area contributed by atoms with Crippen LogP contribution in [-0.2, 0) is 14.3 Å². The third-order valence-corrected chi connectivity index (χ3v) is 5.41. The number of carbonyl (C=O) groups excluding carboxylic acids is 1. The quantitative estimate of drug-likeness (QED) is 0.323. The summed E-state index contributed by atoms with van der Waals surface area (Å²) in [5.41, 5.74) is 0.274. The van der Waals surface area contributed by atoms with Crippen molar-refractivity contribution in [3.63, 3.8) is 0 Å². The largest absolute Gasteiger partial charge is 1.00 e. The van der Waals surface area contributed by atoms with Gasteiger partial charge in [0.2, 0.25) is 5.91 Å². The van der Waals surface area contributed by atoms with Gasteiger partial charge in [-0.3, -0.25) is 9.69 Å². The van der Waals surface area contributed by atoms with Crippen LogP contribution in [0.5, 0.6) is 0 Å². The molecule has 0 saturated carbocycles. The van der Waals surface area contributed by atoms with Gasteiger partial charge in [-0.1, -0.05) is 12.2 Å². The molecule has 6 nitrogen and oxygen atoms in total. The van der Waals surface area contributed by atoms with E-state index < -0.39 is 17.1 Å². The smallest absolute Gasteiger partial charge is 0.863 e. The van der Waals surface area contributed by atoms with E-state index in [2.05, 4.69) is 0 Å². The first-order valence-electron chi connectivity index (χ1n) is 6.31. The summed E-state index contributed by atoms with van der Waals surface area (Å²) in [5.74, 6) is -0.797. The molecule has 1 unspecified atom stereocenters. The van der Waals surface area contributed by atoms with Gasteiger partial charge < -0.3 is 19.7 Å². The van der Waals surface area contributed by atoms with Crippen molar-refractivity contribution in [3.05, 3.63) is 10.6 Å². The van der Waals surface area contributed by atoms with Crippen LogP contribution >= 0.6 is 24.0 Å². The van der Waals surface area contributed by atoms with Crippen molar-refractivity contribution < 1.29 is 54.0 Å². The van der Waals surface area contributed by atoms with Crippen LogP contribution in [0.4, 0.5) is 0 Å². The molecule has 110 valence electrons. The summed E-state index contributed by atoms with van der Waals surface area (Å²) in [6.45, 7) is 2.72. The first-order valence-corrected chi connectivity index (χ1v) is 7.60. The number of nitrogens with zero attached hydrogens (tertiary/aromatic N) is 1. The molecule has 3 aliphatic heterocycles. The Balaban J connectivity index is 0.00000161. The van der Waals surface area contributed by atoms with Crippen LogP contribution in [-0.4, -0.2) is 52.4 Å². The summed E-state index contributed by atoms with van der Waals surface area (Å²) in [6.07, 6.45) is -0.740. The van der Waals surface area contributed by atoms with Crippen molar-refractivity contribution in [3.8, 4) is 0 Å². The molecule has 1 N–H and O–H groups in total. The Labute approximate surface area is 154 Å². The molecule has 0 spiro atoms. The minimum absolute atomic E-state index is 0. The monoisotopic (exact) mass is 339 g/mol. The molecule has 9 heteroatoms. The fraction of sp³-hybridized carbons (Fsp3) is 0.667. The zero-order valence-electron chi connectivity index (χ0n) is 11.8. The molecule has 0 aromatic carbocycles. The summed E-state index contributed by atoms with van der Waals surface area (Å²) in [6, 6.07) is 0. The molecule has 3 rings (SSSR count). The van der Waals surface area contributed by atoms with Crippen molar-refractivity contribution in [1.29, 1.82) is 0 Å². The van der Waals surface area contributed by atoms with E-state index in [4.69, 9.17) is 21.7 Å². The first kappa shape index (κ1) is 17.7. The maximum Gasteiger partial charge on any atom is 1.00 e. The first-order chi connectivity index (χ1) is 9.52. The van der Waals surface area contributed by atoms with Crippen LogP contribution in [0.2, 0.25) is 0 Å². The number of hydrogen-bond acceptors (Lipinski definition) is 7. The van der Waals surface area contributed by atoms with Gasteiger partial charge in [0, 0.05) is 10.8 Å². The molecule has 2 fully saturated rings. The fourth-order valence-corrected chi connectivity index (χ4v) is 4.70. The number of thioether (sulfide) groups is 1. The maximum atomic E-state index is 12.1. The van der Waals surface area contributed by atoms with E-state index in [0.717, 1.165) is 4.91 Å². The predicted molar refractivity (Wildman–Crippen MR) is 73.3 cm³/mol. The number of thiocarbonyl (C=S) groups is 1. The molecule has 0 bridgehead atoms. The number of fused-ring (bicyclic) bond motifs is 1. The topological polar surface area (TPSA) is 82.1 Å². The molecular weight excluding hydrogens is 325 g/mol. The predicted octanol–water partition coefficient (Wildman–Crippen LogP) is -3.58. The van der Waals surface area contributed by atoms with Crippen LogP contribution in [0.1, 0.15) is 6.92 Å². The Kier molecular flexibility index (Phi) is 5.76. The Morgan fingerprint density at radius 2 is 2.14 bits per heavy atom. The number of carbonyl (C=O) groups is 1. The number of aliphatic hydroxyl groups excluding tert-OH is 1. The second-order valence-electron chi connectivity index (χ2n) is 5.04. The van der Waals surface area contributed by atoms with Crippen LogP contribution in [0.3, 0.4) is 0 Å². The molecule has 2 saturated heterocycles. The third-order valence-electron chi connectivity index (χ3n) is 3.69. The van der Waals surface area contributed by atoms with E-state index in [1.165, 1.54) is 16.7 Å². The van der Waals surface area contributed by atoms with Crippen molar-refractivity contribution in [2.24, 2.45) is 11.8 Å². The molecule has 1 amide bonds. The summed E-state index contributed by atoms with van der Waals surface area (Å²) < 4.78 is 10.5. The SMILES string of the molecule is C[C@@H](O)[C@H]1C(=O)N2C(C([O-])=S)=C(C3COCOC3)SC12.[Na+]. The van der Waals surface area contributed by atoms with Crippen LogP contribution < -0.4 is 34.7 Å². The number of rotatable bonds is 3. The van der Waals surface area contributed by atoms with Crippen molar-refractivity contribution in [2.45, 2.75) is 18.4 Å². The molecule has 0 aliphatic carbocycles. The molecule has 21 heavy (non-hydrogen) atoms. The molecule has 3 aliphatic rings. The second kappa shape index (κ2) is 6.84. The Morgan fingerprint density at radius 3 is 2.67 bits per heavy atom. The zero-order valence-corrected chi connectivity index (χ0v) is 15.4. The van der Waals surface area contributed by atoms with E-state index >= 15 is 0 Å². The van der Waals surface area contributed by atoms with E-state index in [1.54, 1.807) is 6.92 Å². The van der Waals surface area contributed by atoms with E-state index in [9.17, 15) is 15.0 Å². The Morgan fingerprint density at radius 1 is 1.52 bits per heavy atom. The standard InChI is InChI=1S/C12H15NO5S2.Na/c1-5(14)7-10(15)13-8(12(16)19)9(20-11(7)13)6-2-17-4-18-3-6;/h5-7,11,14H,2-4H2,1H3,(H,16,19);/q;+1/p-1/t5-,7+,11?;/m1./s1. The van der Waals surface area contributed by atoms with Crippen LogP contribution in [0.25, 0.3) is 0 Å². The zero-order chi connectivity index (χ0) is 14.4. The average molecular weight is 339 g/mol. The van der Waals surface area contributed by atoms with Gasteiger partial charge in [0.1, 0.15) is 12.2 Å². The summed E-state index contributed by atoms with van der Waals surface area (Å²) >= 11 is 6.18. The molecule has 3 heterocycles. The molecule has 0 aromatic rings. The normalized spacial score (nSPS) is 30.6. The van der Waals surface area contributed by atoms with Gasteiger partial charge in [0.25, 0.3) is 0 Å². The number of ether oxygens (including phenoxy) is 2. The summed E-state index contributed by atoms with van der Waals surface area (Å²) in [7, 11) is 0. The number of hydrogen-bond donors (Lipinski definition) is 1. The van der Waals surface area contributed by atoms with Crippen molar-refractivity contribution in [2.75, 3.05) is 20.0 Å². The van der Waals surface area contributed by atoms with E-state index in [-0.39, 0.29) is 59.2 Å². The summed E-state index contributed by atoms with van der Waals surface area (Å²) in [4.78, 5) is 14.3. The van der Waals surface area contributed by atoms with Gasteiger partial charge in [0.15, 0.2) is 0 Å². The fourth-order valence-electron chi connectivity index (χ4n) is 2.73. The molecule has 3 atom stereocenters. The molecule has 0 aromatic heterocycles. The third kappa shape index (κ3) is 2.92. The number of β-lactam (4-membered cyclic amide) rings is 1. The minimum atomic E-state index is -0.740. The van der Waals surface area contributed by atoms with Crippen LogP contribution in [0, 0.1) is 11.8 Å². The Bertz CT molecular complexity index is 492. The minimum Gasteiger partial charge on any atom is -0.863 e. The number of aliphatic hydroxyl groups is 1.